The van der Waals surface area contributed by atoms with Gasteiger partial charge in [-0.25, -0.2) is 8.42 Å². The molecule has 5 N–H and O–H groups in total. The van der Waals surface area contributed by atoms with Crippen LogP contribution in [0, 0.1) is 0 Å². The minimum Gasteiger partial charge on any atom is -0.504 e. The molecule has 8 heteroatoms. The molecule has 140 valence electrons. The van der Waals surface area contributed by atoms with Gasteiger partial charge in [-0.05, 0) is 29.2 Å². The third kappa shape index (κ3) is 3.11. The Labute approximate surface area is 151 Å². The number of fused-ring (bicyclic) bond motifs is 2. The molecule has 2 aromatic carbocycles. The van der Waals surface area contributed by atoms with Crippen LogP contribution in [0.5, 0.6) is 11.5 Å². The van der Waals surface area contributed by atoms with Crippen LogP contribution >= 0.6 is 0 Å². The van der Waals surface area contributed by atoms with Crippen LogP contribution in [-0.2, 0) is 10.0 Å². The predicted molar refractivity (Wildman–Crippen MR) is 96.7 cm³/mol. The van der Waals surface area contributed by atoms with Gasteiger partial charge >= 0.3 is 0 Å². The average molecular weight is 379 g/mol. The molecule has 0 spiro atoms. The Morgan fingerprint density at radius 2 is 1.62 bits per heavy atom. The van der Waals surface area contributed by atoms with Crippen molar-refractivity contribution in [1.82, 2.24) is 0 Å². The number of anilines is 1. The van der Waals surface area contributed by atoms with Gasteiger partial charge in [0.1, 0.15) is 12.2 Å². The summed E-state index contributed by atoms with van der Waals surface area (Å²) in [5, 5.41) is 41.8. The first-order chi connectivity index (χ1) is 12.3. The quantitative estimate of drug-likeness (QED) is 0.507. The van der Waals surface area contributed by atoms with Crippen LogP contribution < -0.4 is 4.72 Å². The lowest BCUT2D eigenvalue weighted by Crippen LogP contribution is -2.20. The van der Waals surface area contributed by atoms with E-state index in [9.17, 15) is 28.8 Å². The molecule has 0 saturated carbocycles. The number of phenols is 2. The summed E-state index contributed by atoms with van der Waals surface area (Å²) in [6.07, 6.45) is -1.29. The lowest BCUT2D eigenvalue weighted by molar-refractivity contribution is 0.169. The van der Waals surface area contributed by atoms with E-state index in [1.807, 2.05) is 6.92 Å². The van der Waals surface area contributed by atoms with E-state index in [1.165, 1.54) is 6.07 Å². The molecule has 0 aromatic heterocycles. The summed E-state index contributed by atoms with van der Waals surface area (Å²) < 4.78 is 26.5. The van der Waals surface area contributed by atoms with E-state index in [2.05, 4.69) is 4.72 Å². The van der Waals surface area contributed by atoms with Crippen molar-refractivity contribution in [2.45, 2.75) is 32.0 Å². The second-order valence-corrected chi connectivity index (χ2v) is 8.17. The first-order valence-corrected chi connectivity index (χ1v) is 9.96. The first kappa shape index (κ1) is 18.5. The number of unbranched alkanes of at least 4 members (excludes halogenated alkanes) is 1. The van der Waals surface area contributed by atoms with Crippen LogP contribution in [0.1, 0.15) is 54.2 Å². The van der Waals surface area contributed by atoms with Crippen molar-refractivity contribution in [3.8, 4) is 11.5 Å². The number of aromatic hydroxyl groups is 2. The SMILES string of the molecule is CCCCS(=O)(=O)Nc1cc2c(c(O)c1O)C(O)c1ccccc1C2O. The van der Waals surface area contributed by atoms with Gasteiger partial charge in [0.15, 0.2) is 11.5 Å². The third-order valence-corrected chi connectivity index (χ3v) is 5.89. The monoisotopic (exact) mass is 379 g/mol. The molecule has 0 aliphatic heterocycles. The molecule has 1 aliphatic rings. The zero-order valence-electron chi connectivity index (χ0n) is 14.2. The van der Waals surface area contributed by atoms with E-state index < -0.39 is 33.7 Å². The van der Waals surface area contributed by atoms with Crippen LogP contribution in [0.25, 0.3) is 0 Å². The Balaban J connectivity index is 2.09. The number of rotatable bonds is 5. The summed E-state index contributed by atoms with van der Waals surface area (Å²) in [7, 11) is -3.72. The molecule has 7 nitrogen and oxygen atoms in total. The maximum Gasteiger partial charge on any atom is 0.232 e. The van der Waals surface area contributed by atoms with Crippen molar-refractivity contribution in [3.05, 3.63) is 52.6 Å². The van der Waals surface area contributed by atoms with E-state index in [0.29, 0.717) is 24.0 Å². The molecule has 2 atom stereocenters. The number of sulfonamides is 1. The summed E-state index contributed by atoms with van der Waals surface area (Å²) in [6.45, 7) is 1.85. The van der Waals surface area contributed by atoms with Crippen LogP contribution in [0.4, 0.5) is 5.69 Å². The fourth-order valence-electron chi connectivity index (χ4n) is 3.17. The molecule has 2 unspecified atom stereocenters. The highest BCUT2D eigenvalue weighted by atomic mass is 32.2. The molecular formula is C18H21NO6S. The Morgan fingerprint density at radius 3 is 2.23 bits per heavy atom. The van der Waals surface area contributed by atoms with Gasteiger partial charge < -0.3 is 20.4 Å². The van der Waals surface area contributed by atoms with Gasteiger partial charge in [0, 0.05) is 5.56 Å². The van der Waals surface area contributed by atoms with Gasteiger partial charge in [-0.1, -0.05) is 37.6 Å². The summed E-state index contributed by atoms with van der Waals surface area (Å²) in [4.78, 5) is 0. The van der Waals surface area contributed by atoms with E-state index in [4.69, 9.17) is 0 Å². The van der Waals surface area contributed by atoms with Gasteiger partial charge in [-0.2, -0.15) is 0 Å². The largest absolute Gasteiger partial charge is 0.504 e. The lowest BCUT2D eigenvalue weighted by Gasteiger charge is -2.30. The molecule has 1 aliphatic carbocycles. The summed E-state index contributed by atoms with van der Waals surface area (Å²) in [6, 6.07) is 7.89. The zero-order chi connectivity index (χ0) is 19.1. The van der Waals surface area contributed by atoms with Crippen molar-refractivity contribution in [2.75, 3.05) is 10.5 Å². The molecule has 2 aromatic rings. The smallest absolute Gasteiger partial charge is 0.232 e. The fourth-order valence-corrected chi connectivity index (χ4v) is 4.43. The molecule has 0 heterocycles. The van der Waals surface area contributed by atoms with Gasteiger partial charge in [-0.15, -0.1) is 0 Å². The molecule has 0 amide bonds. The van der Waals surface area contributed by atoms with Gasteiger partial charge in [0.25, 0.3) is 0 Å². The van der Waals surface area contributed by atoms with Crippen LogP contribution in [0.3, 0.4) is 0 Å². The standard InChI is InChI=1S/C18H21NO6S/c1-2-3-8-26(24,25)19-13-9-12-14(18(23)17(13)22)16(21)11-7-5-4-6-10(11)15(12)20/h4-7,9,15-16,19-23H,2-3,8H2,1H3. The lowest BCUT2D eigenvalue weighted by atomic mass is 9.81. The number of benzene rings is 2. The molecule has 0 bridgehead atoms. The number of aliphatic hydroxyl groups is 2. The number of aliphatic hydroxyl groups excluding tert-OH is 2. The molecule has 26 heavy (non-hydrogen) atoms. The Hall–Kier alpha value is -2.29. The van der Waals surface area contributed by atoms with Crippen molar-refractivity contribution in [2.24, 2.45) is 0 Å². The maximum absolute atomic E-state index is 12.1. The minimum atomic E-state index is -3.72. The van der Waals surface area contributed by atoms with Crippen LogP contribution in [-0.4, -0.2) is 34.6 Å². The Bertz CT molecular complexity index is 941. The van der Waals surface area contributed by atoms with Crippen molar-refractivity contribution in [3.63, 3.8) is 0 Å². The summed E-state index contributed by atoms with van der Waals surface area (Å²) in [5.74, 6) is -1.47. The van der Waals surface area contributed by atoms with E-state index in [0.717, 1.165) is 0 Å². The number of hydrogen-bond donors (Lipinski definition) is 5. The Morgan fingerprint density at radius 1 is 1.00 bits per heavy atom. The fraction of sp³-hybridized carbons (Fsp3) is 0.333. The van der Waals surface area contributed by atoms with Gasteiger partial charge in [-0.3, -0.25) is 4.72 Å². The van der Waals surface area contributed by atoms with E-state index in [1.54, 1.807) is 24.3 Å². The normalized spacial score (nSPS) is 18.9. The number of phenolic OH excluding ortho intramolecular Hbond substituents is 2. The van der Waals surface area contributed by atoms with Crippen LogP contribution in [0.2, 0.25) is 0 Å². The second kappa shape index (κ2) is 6.79. The number of nitrogens with one attached hydrogen (secondary N) is 1. The first-order valence-electron chi connectivity index (χ1n) is 8.31. The molecule has 0 radical (unpaired) electrons. The zero-order valence-corrected chi connectivity index (χ0v) is 15.0. The van der Waals surface area contributed by atoms with Crippen molar-refractivity contribution < 1.29 is 28.8 Å². The Kier molecular flexibility index (Phi) is 4.83. The summed E-state index contributed by atoms with van der Waals surface area (Å²) >= 11 is 0. The maximum atomic E-state index is 12.1. The summed E-state index contributed by atoms with van der Waals surface area (Å²) in [5.41, 5.74) is 0.740. The highest BCUT2D eigenvalue weighted by Crippen LogP contribution is 2.50. The van der Waals surface area contributed by atoms with Gasteiger partial charge in [0.2, 0.25) is 10.0 Å². The van der Waals surface area contributed by atoms with Gasteiger partial charge in [0.05, 0.1) is 11.4 Å². The number of hydrogen-bond acceptors (Lipinski definition) is 6. The van der Waals surface area contributed by atoms with Crippen molar-refractivity contribution >= 4 is 15.7 Å². The predicted octanol–water partition coefficient (Wildman–Crippen LogP) is 2.12. The van der Waals surface area contributed by atoms with E-state index in [-0.39, 0.29) is 22.6 Å². The molecule has 0 fully saturated rings. The topological polar surface area (TPSA) is 127 Å². The second-order valence-electron chi connectivity index (χ2n) is 6.33. The molecular weight excluding hydrogens is 358 g/mol. The molecule has 3 rings (SSSR count). The van der Waals surface area contributed by atoms with Crippen LogP contribution in [0.15, 0.2) is 30.3 Å². The average Bonchev–Trinajstić information content (AvgIpc) is 2.61. The van der Waals surface area contributed by atoms with Crippen molar-refractivity contribution in [1.29, 1.82) is 0 Å². The molecule has 0 saturated heterocycles. The highest BCUT2D eigenvalue weighted by molar-refractivity contribution is 7.92. The third-order valence-electron chi connectivity index (χ3n) is 4.53. The van der Waals surface area contributed by atoms with E-state index >= 15 is 0 Å². The highest BCUT2D eigenvalue weighted by Gasteiger charge is 2.34. The minimum absolute atomic E-state index is 0.0368.